The average Bonchev–Trinajstić information content (AvgIpc) is 3.35. The molecular weight excluding hydrogens is 406 g/mol. The predicted molar refractivity (Wildman–Crippen MR) is 120 cm³/mol. The molecule has 4 heterocycles. The van der Waals surface area contributed by atoms with E-state index in [4.69, 9.17) is 4.74 Å². The maximum Gasteiger partial charge on any atom is 0.332 e. The molecule has 2 aliphatic heterocycles. The minimum atomic E-state index is -0.569. The Bertz CT molecular complexity index is 1260. The molecular formula is C24H27N5O3. The molecule has 2 aliphatic rings. The van der Waals surface area contributed by atoms with E-state index in [0.29, 0.717) is 18.8 Å². The van der Waals surface area contributed by atoms with Crippen molar-refractivity contribution in [2.24, 2.45) is 5.41 Å². The van der Waals surface area contributed by atoms with E-state index in [2.05, 4.69) is 21.0 Å². The van der Waals surface area contributed by atoms with Gasteiger partial charge < -0.3 is 4.74 Å². The van der Waals surface area contributed by atoms with Crippen LogP contribution in [0.4, 0.5) is 0 Å². The van der Waals surface area contributed by atoms with Crippen molar-refractivity contribution in [3.63, 3.8) is 0 Å². The monoisotopic (exact) mass is 433 g/mol. The number of hydrogen-bond donors (Lipinski definition) is 0. The largest absolute Gasteiger partial charge is 0.497 e. The van der Waals surface area contributed by atoms with Gasteiger partial charge in [-0.15, -0.1) is 0 Å². The zero-order valence-electron chi connectivity index (χ0n) is 18.5. The Hall–Kier alpha value is -3.26. The van der Waals surface area contributed by atoms with Crippen LogP contribution >= 0.6 is 0 Å². The summed E-state index contributed by atoms with van der Waals surface area (Å²) in [5, 5.41) is 4.60. The van der Waals surface area contributed by atoms with Crippen molar-refractivity contribution < 1.29 is 4.74 Å². The molecule has 0 aliphatic carbocycles. The molecule has 0 unspecified atom stereocenters. The summed E-state index contributed by atoms with van der Waals surface area (Å²) < 4.78 is 8.09. The third-order valence-electron chi connectivity index (χ3n) is 6.58. The van der Waals surface area contributed by atoms with Crippen LogP contribution in [0.25, 0.3) is 0 Å². The summed E-state index contributed by atoms with van der Waals surface area (Å²) in [7, 11) is 1.61. The topological polar surface area (TPSA) is 82.2 Å². The second-order valence-corrected chi connectivity index (χ2v) is 9.03. The number of methoxy groups -OCH3 is 1. The van der Waals surface area contributed by atoms with Gasteiger partial charge in [0.15, 0.2) is 0 Å². The number of likely N-dealkylation sites (tertiary alicyclic amines) is 1. The first-order chi connectivity index (χ1) is 15.4. The number of ether oxygens (including phenoxy) is 1. The number of aryl methyl sites for hydroxylation is 1. The molecule has 0 radical (unpaired) electrons. The fourth-order valence-corrected chi connectivity index (χ4v) is 4.97. The van der Waals surface area contributed by atoms with E-state index in [1.165, 1.54) is 4.68 Å². The van der Waals surface area contributed by atoms with Crippen LogP contribution in [0.3, 0.4) is 0 Å². The van der Waals surface area contributed by atoms with E-state index >= 15 is 0 Å². The van der Waals surface area contributed by atoms with Crippen molar-refractivity contribution in [3.05, 3.63) is 85.9 Å². The Morgan fingerprint density at radius 1 is 1.03 bits per heavy atom. The average molecular weight is 434 g/mol. The van der Waals surface area contributed by atoms with Crippen LogP contribution in [0.2, 0.25) is 0 Å². The summed E-state index contributed by atoms with van der Waals surface area (Å²) in [6.07, 6.45) is 1.69. The van der Waals surface area contributed by atoms with Crippen LogP contribution in [0.5, 0.6) is 5.75 Å². The summed E-state index contributed by atoms with van der Waals surface area (Å²) in [5.74, 6) is 1.45. The predicted octanol–water partition coefficient (Wildman–Crippen LogP) is 1.61. The van der Waals surface area contributed by atoms with Crippen LogP contribution in [0.15, 0.2) is 52.1 Å². The standard InChI is InChI=1S/C24H27N5O3/c1-17-4-3-5-19(25-17)14-27-11-10-24(15-27)12-21-26-29(23(31)22(30)28(21)16-24)13-18-6-8-20(32-2)9-7-18/h3-9H,10-16H2,1-2H3/t24-/m0/s1. The third kappa shape index (κ3) is 3.86. The second kappa shape index (κ2) is 8.02. The van der Waals surface area contributed by atoms with Crippen LogP contribution < -0.4 is 15.9 Å². The zero-order chi connectivity index (χ0) is 22.3. The molecule has 0 N–H and O–H groups in total. The van der Waals surface area contributed by atoms with Gasteiger partial charge in [-0.1, -0.05) is 18.2 Å². The normalized spacial score (nSPS) is 20.1. The summed E-state index contributed by atoms with van der Waals surface area (Å²) in [4.78, 5) is 32.6. The number of fused-ring (bicyclic) bond motifs is 1. The summed E-state index contributed by atoms with van der Waals surface area (Å²) in [6.45, 7) is 5.45. The number of rotatable bonds is 5. The van der Waals surface area contributed by atoms with Crippen LogP contribution in [-0.4, -0.2) is 44.4 Å². The molecule has 1 fully saturated rings. The molecule has 1 aromatic carbocycles. The summed E-state index contributed by atoms with van der Waals surface area (Å²) in [5.41, 5.74) is 1.89. The first kappa shape index (κ1) is 20.6. The van der Waals surface area contributed by atoms with E-state index in [1.807, 2.05) is 43.3 Å². The van der Waals surface area contributed by atoms with Crippen molar-refractivity contribution in [1.29, 1.82) is 0 Å². The molecule has 1 spiro atoms. The number of benzene rings is 1. The number of aromatic nitrogens is 4. The van der Waals surface area contributed by atoms with Gasteiger partial charge in [0, 0.05) is 37.2 Å². The van der Waals surface area contributed by atoms with Crippen LogP contribution in [-0.2, 0) is 26.1 Å². The van der Waals surface area contributed by atoms with Gasteiger partial charge in [-0.05, 0) is 49.7 Å². The highest BCUT2D eigenvalue weighted by Gasteiger charge is 2.44. The Kier molecular flexibility index (Phi) is 5.17. The molecule has 0 amide bonds. The number of nitrogens with zero attached hydrogens (tertiary/aromatic N) is 5. The highest BCUT2D eigenvalue weighted by atomic mass is 16.5. The Morgan fingerprint density at radius 3 is 2.59 bits per heavy atom. The smallest absolute Gasteiger partial charge is 0.332 e. The maximum atomic E-state index is 12.9. The lowest BCUT2D eigenvalue weighted by atomic mass is 9.86. The first-order valence-corrected chi connectivity index (χ1v) is 10.9. The van der Waals surface area contributed by atoms with Crippen molar-refractivity contribution in [3.8, 4) is 5.75 Å². The summed E-state index contributed by atoms with van der Waals surface area (Å²) >= 11 is 0. The molecule has 8 nitrogen and oxygen atoms in total. The van der Waals surface area contributed by atoms with Gasteiger partial charge in [0.25, 0.3) is 0 Å². The molecule has 32 heavy (non-hydrogen) atoms. The van der Waals surface area contributed by atoms with E-state index in [0.717, 1.165) is 48.8 Å². The van der Waals surface area contributed by atoms with Gasteiger partial charge in [-0.2, -0.15) is 5.10 Å². The van der Waals surface area contributed by atoms with E-state index < -0.39 is 11.1 Å². The van der Waals surface area contributed by atoms with E-state index in [1.54, 1.807) is 11.7 Å². The van der Waals surface area contributed by atoms with Gasteiger partial charge in [0.05, 0.1) is 19.3 Å². The van der Waals surface area contributed by atoms with Crippen LogP contribution in [0, 0.1) is 12.3 Å². The van der Waals surface area contributed by atoms with Crippen LogP contribution in [0.1, 0.15) is 29.2 Å². The second-order valence-electron chi connectivity index (χ2n) is 9.03. The lowest BCUT2D eigenvalue weighted by molar-refractivity contribution is 0.244. The number of pyridine rings is 1. The molecule has 3 aromatic rings. The van der Waals surface area contributed by atoms with E-state index in [-0.39, 0.29) is 12.0 Å². The van der Waals surface area contributed by atoms with Crippen molar-refractivity contribution >= 4 is 0 Å². The molecule has 1 saturated heterocycles. The van der Waals surface area contributed by atoms with Crippen molar-refractivity contribution in [2.75, 3.05) is 20.2 Å². The highest BCUT2D eigenvalue weighted by molar-refractivity contribution is 5.27. The van der Waals surface area contributed by atoms with Gasteiger partial charge in [0.2, 0.25) is 0 Å². The zero-order valence-corrected chi connectivity index (χ0v) is 18.5. The van der Waals surface area contributed by atoms with Gasteiger partial charge in [-0.25, -0.2) is 4.68 Å². The molecule has 8 heteroatoms. The quantitative estimate of drug-likeness (QED) is 0.569. The molecule has 1 atom stereocenters. The summed E-state index contributed by atoms with van der Waals surface area (Å²) in [6, 6.07) is 13.5. The van der Waals surface area contributed by atoms with Gasteiger partial charge in [0.1, 0.15) is 11.6 Å². The minimum absolute atomic E-state index is 0.0469. The van der Waals surface area contributed by atoms with E-state index in [9.17, 15) is 9.59 Å². The van der Waals surface area contributed by atoms with Gasteiger partial charge in [-0.3, -0.25) is 24.0 Å². The lowest BCUT2D eigenvalue weighted by Gasteiger charge is -2.22. The third-order valence-corrected chi connectivity index (χ3v) is 6.58. The Morgan fingerprint density at radius 2 is 1.84 bits per heavy atom. The SMILES string of the molecule is COc1ccc(Cn2nc3n(c(=O)c2=O)C[C@@]2(CCN(Cc4cccc(C)n4)C2)C3)cc1. The minimum Gasteiger partial charge on any atom is -0.497 e. The fourth-order valence-electron chi connectivity index (χ4n) is 4.97. The van der Waals surface area contributed by atoms with Gasteiger partial charge >= 0.3 is 11.1 Å². The van der Waals surface area contributed by atoms with Crippen molar-refractivity contribution in [1.82, 2.24) is 24.2 Å². The van der Waals surface area contributed by atoms with Crippen molar-refractivity contribution in [2.45, 2.75) is 39.4 Å². The molecule has 166 valence electrons. The fraction of sp³-hybridized carbons (Fsp3) is 0.417. The lowest BCUT2D eigenvalue weighted by Crippen LogP contribution is -2.43. The maximum absolute atomic E-state index is 12.9. The molecule has 0 bridgehead atoms. The Balaban J connectivity index is 1.34. The molecule has 2 aromatic heterocycles. The molecule has 0 saturated carbocycles. The molecule has 5 rings (SSSR count). The Labute approximate surface area is 186 Å². The first-order valence-electron chi connectivity index (χ1n) is 10.9. The number of hydrogen-bond acceptors (Lipinski definition) is 6. The highest BCUT2D eigenvalue weighted by Crippen LogP contribution is 2.39.